The van der Waals surface area contributed by atoms with Gasteiger partial charge in [0.25, 0.3) is 10.9 Å². The van der Waals surface area contributed by atoms with Crippen LogP contribution < -0.4 is 27.2 Å². The maximum Gasteiger partial charge on any atom is 0.253 e. The van der Waals surface area contributed by atoms with Crippen LogP contribution in [0.1, 0.15) is 18.5 Å². The molecule has 0 aliphatic carbocycles. The van der Waals surface area contributed by atoms with Crippen LogP contribution in [0.25, 0.3) is 11.3 Å². The molecule has 0 bridgehead atoms. The third-order valence-corrected chi connectivity index (χ3v) is 4.89. The summed E-state index contributed by atoms with van der Waals surface area (Å²) in [4.78, 5) is 28.6. The molecule has 150 valence electrons. The SMILES string of the molecule is C[C@@H](Nc1c(Nc2ccc(O)c(-c3ccccn3)c2)c(=O)c1=O)c1cccc(N)c1. The van der Waals surface area contributed by atoms with Gasteiger partial charge in [-0.05, 0) is 55.0 Å². The summed E-state index contributed by atoms with van der Waals surface area (Å²) in [5.41, 5.74) is 8.26. The van der Waals surface area contributed by atoms with E-state index in [9.17, 15) is 14.7 Å². The number of anilines is 4. The highest BCUT2D eigenvalue weighted by molar-refractivity contribution is 5.81. The minimum absolute atomic E-state index is 0.0675. The number of aromatic hydroxyl groups is 1. The van der Waals surface area contributed by atoms with Crippen LogP contribution in [0.2, 0.25) is 0 Å². The van der Waals surface area contributed by atoms with Crippen molar-refractivity contribution in [3.63, 3.8) is 0 Å². The molecule has 4 rings (SSSR count). The second-order valence-corrected chi connectivity index (χ2v) is 7.02. The summed E-state index contributed by atoms with van der Waals surface area (Å²) in [6, 6.07) is 17.3. The van der Waals surface area contributed by atoms with E-state index < -0.39 is 10.9 Å². The fourth-order valence-electron chi connectivity index (χ4n) is 3.26. The molecule has 0 aliphatic rings. The van der Waals surface area contributed by atoms with Crippen LogP contribution in [0.15, 0.2) is 76.4 Å². The molecule has 0 saturated heterocycles. The molecule has 3 aromatic carbocycles. The van der Waals surface area contributed by atoms with E-state index in [-0.39, 0.29) is 23.2 Å². The number of phenolic OH excluding ortho intramolecular Hbond substituents is 1. The Labute approximate surface area is 172 Å². The van der Waals surface area contributed by atoms with E-state index in [1.807, 2.05) is 31.2 Å². The molecule has 0 spiro atoms. The molecule has 0 aliphatic heterocycles. The number of hydrogen-bond donors (Lipinski definition) is 4. The number of phenols is 1. The largest absolute Gasteiger partial charge is 0.507 e. The molecule has 0 radical (unpaired) electrons. The number of nitrogen functional groups attached to an aromatic ring is 1. The molecule has 0 fully saturated rings. The van der Waals surface area contributed by atoms with Gasteiger partial charge in [0, 0.05) is 29.2 Å². The van der Waals surface area contributed by atoms with Crippen molar-refractivity contribution in [3.8, 4) is 17.0 Å². The number of nitrogens with two attached hydrogens (primary N) is 1. The zero-order chi connectivity index (χ0) is 21.3. The third kappa shape index (κ3) is 3.60. The van der Waals surface area contributed by atoms with Crippen LogP contribution in [0.3, 0.4) is 0 Å². The van der Waals surface area contributed by atoms with E-state index in [1.165, 1.54) is 6.07 Å². The minimum Gasteiger partial charge on any atom is -0.507 e. The van der Waals surface area contributed by atoms with E-state index >= 15 is 0 Å². The van der Waals surface area contributed by atoms with Crippen LogP contribution in [0.4, 0.5) is 22.7 Å². The first-order valence-corrected chi connectivity index (χ1v) is 9.41. The normalized spacial score (nSPS) is 11.9. The van der Waals surface area contributed by atoms with E-state index in [2.05, 4.69) is 15.6 Å². The molecule has 0 saturated carbocycles. The van der Waals surface area contributed by atoms with Crippen molar-refractivity contribution in [1.29, 1.82) is 0 Å². The maximum absolute atomic E-state index is 12.2. The Morgan fingerprint density at radius 3 is 2.50 bits per heavy atom. The first-order valence-electron chi connectivity index (χ1n) is 9.41. The molecule has 1 aromatic heterocycles. The molecular formula is C23H20N4O3. The zero-order valence-electron chi connectivity index (χ0n) is 16.2. The summed E-state index contributed by atoms with van der Waals surface area (Å²) in [5.74, 6) is 0.0675. The number of aromatic nitrogens is 1. The Morgan fingerprint density at radius 2 is 1.77 bits per heavy atom. The van der Waals surface area contributed by atoms with Crippen molar-refractivity contribution in [1.82, 2.24) is 4.98 Å². The van der Waals surface area contributed by atoms with Crippen LogP contribution in [-0.4, -0.2) is 10.1 Å². The third-order valence-electron chi connectivity index (χ3n) is 4.89. The number of nitrogens with one attached hydrogen (secondary N) is 2. The highest BCUT2D eigenvalue weighted by Gasteiger charge is 2.23. The molecule has 1 atom stereocenters. The molecule has 30 heavy (non-hydrogen) atoms. The van der Waals surface area contributed by atoms with Crippen LogP contribution in [0, 0.1) is 0 Å². The van der Waals surface area contributed by atoms with Crippen LogP contribution >= 0.6 is 0 Å². The lowest BCUT2D eigenvalue weighted by atomic mass is 10.1. The Morgan fingerprint density at radius 1 is 0.967 bits per heavy atom. The molecule has 0 amide bonds. The second kappa shape index (κ2) is 7.71. The maximum atomic E-state index is 12.2. The van der Waals surface area contributed by atoms with Gasteiger partial charge in [0.05, 0.1) is 5.69 Å². The minimum atomic E-state index is -0.593. The topological polar surface area (TPSA) is 117 Å². The van der Waals surface area contributed by atoms with Crippen LogP contribution in [-0.2, 0) is 0 Å². The predicted octanol–water partition coefficient (Wildman–Crippen LogP) is 3.55. The lowest BCUT2D eigenvalue weighted by Crippen LogP contribution is -2.37. The van der Waals surface area contributed by atoms with E-state index in [0.29, 0.717) is 22.6 Å². The number of pyridine rings is 1. The summed E-state index contributed by atoms with van der Waals surface area (Å²) in [7, 11) is 0. The Hall–Kier alpha value is -4.13. The Balaban J connectivity index is 1.60. The zero-order valence-corrected chi connectivity index (χ0v) is 16.2. The number of rotatable bonds is 6. The molecule has 0 unspecified atom stereocenters. The summed E-state index contributed by atoms with van der Waals surface area (Å²) in [5, 5.41) is 16.3. The van der Waals surface area contributed by atoms with Crippen molar-refractivity contribution in [3.05, 3.63) is 92.9 Å². The van der Waals surface area contributed by atoms with Gasteiger partial charge in [0.2, 0.25) is 0 Å². The van der Waals surface area contributed by atoms with E-state index in [4.69, 9.17) is 5.73 Å². The number of hydrogen-bond acceptors (Lipinski definition) is 7. The Bertz CT molecular complexity index is 1280. The van der Waals surface area contributed by atoms with E-state index in [1.54, 1.807) is 36.5 Å². The van der Waals surface area contributed by atoms with Crippen molar-refractivity contribution in [2.24, 2.45) is 0 Å². The van der Waals surface area contributed by atoms with Crippen molar-refractivity contribution >= 4 is 22.7 Å². The van der Waals surface area contributed by atoms with Gasteiger partial charge >= 0.3 is 0 Å². The average Bonchev–Trinajstić information content (AvgIpc) is 2.77. The fraction of sp³-hybridized carbons (Fsp3) is 0.0870. The van der Waals surface area contributed by atoms with Gasteiger partial charge in [-0.1, -0.05) is 18.2 Å². The van der Waals surface area contributed by atoms with Gasteiger partial charge in [-0.15, -0.1) is 0 Å². The summed E-state index contributed by atoms with van der Waals surface area (Å²) >= 11 is 0. The summed E-state index contributed by atoms with van der Waals surface area (Å²) < 4.78 is 0. The monoisotopic (exact) mass is 400 g/mol. The lowest BCUT2D eigenvalue weighted by Gasteiger charge is -2.20. The molecule has 7 nitrogen and oxygen atoms in total. The smallest absolute Gasteiger partial charge is 0.253 e. The number of nitrogens with zero attached hydrogens (tertiary/aromatic N) is 1. The highest BCUT2D eigenvalue weighted by Crippen LogP contribution is 2.32. The molecule has 7 heteroatoms. The van der Waals surface area contributed by atoms with Gasteiger partial charge < -0.3 is 21.5 Å². The molecule has 4 aromatic rings. The van der Waals surface area contributed by atoms with Crippen molar-refractivity contribution < 1.29 is 5.11 Å². The fourth-order valence-corrected chi connectivity index (χ4v) is 3.26. The van der Waals surface area contributed by atoms with Gasteiger partial charge in [0.15, 0.2) is 0 Å². The first-order chi connectivity index (χ1) is 14.4. The van der Waals surface area contributed by atoms with Crippen LogP contribution in [0.5, 0.6) is 5.75 Å². The second-order valence-electron chi connectivity index (χ2n) is 7.02. The first kappa shape index (κ1) is 19.2. The van der Waals surface area contributed by atoms with Gasteiger partial charge in [-0.3, -0.25) is 14.6 Å². The van der Waals surface area contributed by atoms with Crippen molar-refractivity contribution in [2.45, 2.75) is 13.0 Å². The van der Waals surface area contributed by atoms with Gasteiger partial charge in [-0.25, -0.2) is 0 Å². The number of benzene rings is 2. The average molecular weight is 400 g/mol. The Kier molecular flexibility index (Phi) is 4.93. The van der Waals surface area contributed by atoms with Gasteiger partial charge in [0.1, 0.15) is 17.1 Å². The predicted molar refractivity (Wildman–Crippen MR) is 119 cm³/mol. The molecule has 1 heterocycles. The standard InChI is InChI=1S/C23H20N4O3/c1-13(14-5-4-6-15(24)11-14)26-20-21(23(30)22(20)29)27-16-8-9-19(28)17(12-16)18-7-2-3-10-25-18/h2-13,26-28H,24H2,1H3/t13-/m1/s1. The highest BCUT2D eigenvalue weighted by atomic mass is 16.3. The van der Waals surface area contributed by atoms with Crippen molar-refractivity contribution in [2.75, 3.05) is 16.4 Å². The van der Waals surface area contributed by atoms with E-state index in [0.717, 1.165) is 5.56 Å². The van der Waals surface area contributed by atoms with Gasteiger partial charge in [-0.2, -0.15) is 0 Å². The summed E-state index contributed by atoms with van der Waals surface area (Å²) in [6.45, 7) is 1.88. The quantitative estimate of drug-likeness (QED) is 0.222. The molecular weight excluding hydrogens is 380 g/mol. The summed E-state index contributed by atoms with van der Waals surface area (Å²) in [6.07, 6.45) is 1.63. The molecule has 5 N–H and O–H groups in total. The lowest BCUT2D eigenvalue weighted by molar-refractivity contribution is 0.477.